The van der Waals surface area contributed by atoms with E-state index < -0.39 is 12.4 Å². The molecule has 1 N–H and O–H groups in total. The highest BCUT2D eigenvalue weighted by atomic mass is 35.5. The molecule has 0 amide bonds. The highest BCUT2D eigenvalue weighted by Crippen LogP contribution is 2.44. The number of rotatable bonds is 3. The number of anilines is 1. The molecule has 0 bridgehead atoms. The number of benzene rings is 2. The van der Waals surface area contributed by atoms with Crippen molar-refractivity contribution in [2.24, 2.45) is 0 Å². The minimum Gasteiger partial charge on any atom is -0.435 e. The third-order valence-corrected chi connectivity index (χ3v) is 4.49. The molecule has 1 aliphatic rings. The van der Waals surface area contributed by atoms with Gasteiger partial charge in [0.25, 0.3) is 0 Å². The Kier molecular flexibility index (Phi) is 5.35. The van der Waals surface area contributed by atoms with Crippen LogP contribution in [0, 0.1) is 5.82 Å². The SMILES string of the molecule is CCOC(=O)OC1CC(c2cccc(F)c2)c2c(Cl)cc(Cl)cc2N1. The molecular weight excluding hydrogens is 368 g/mol. The van der Waals surface area contributed by atoms with Crippen molar-refractivity contribution in [3.8, 4) is 0 Å². The Morgan fingerprint density at radius 2 is 2.12 bits per heavy atom. The first-order valence-corrected chi connectivity index (χ1v) is 8.58. The maximum absolute atomic E-state index is 13.7. The van der Waals surface area contributed by atoms with Crippen molar-refractivity contribution in [3.63, 3.8) is 0 Å². The summed E-state index contributed by atoms with van der Waals surface area (Å²) < 4.78 is 23.8. The number of fused-ring (bicyclic) bond motifs is 1. The van der Waals surface area contributed by atoms with E-state index in [0.717, 1.165) is 11.1 Å². The quantitative estimate of drug-likeness (QED) is 0.702. The Morgan fingerprint density at radius 1 is 1.32 bits per heavy atom. The lowest BCUT2D eigenvalue weighted by Gasteiger charge is -2.33. The zero-order valence-corrected chi connectivity index (χ0v) is 14.9. The second kappa shape index (κ2) is 7.50. The molecule has 3 rings (SSSR count). The highest BCUT2D eigenvalue weighted by Gasteiger charge is 2.32. The minimum absolute atomic E-state index is 0.215. The van der Waals surface area contributed by atoms with Gasteiger partial charge in [-0.3, -0.25) is 0 Å². The van der Waals surface area contributed by atoms with Gasteiger partial charge in [-0.15, -0.1) is 0 Å². The van der Waals surface area contributed by atoms with Gasteiger partial charge in [0.1, 0.15) is 5.82 Å². The molecule has 2 aromatic carbocycles. The lowest BCUT2D eigenvalue weighted by atomic mass is 9.84. The fourth-order valence-corrected chi connectivity index (χ4v) is 3.62. The predicted octanol–water partition coefficient (Wildman–Crippen LogP) is 5.58. The molecule has 0 spiro atoms. The van der Waals surface area contributed by atoms with Crippen LogP contribution in [0.5, 0.6) is 0 Å². The fraction of sp³-hybridized carbons (Fsp3) is 0.278. The van der Waals surface area contributed by atoms with E-state index in [4.69, 9.17) is 32.7 Å². The molecule has 4 nitrogen and oxygen atoms in total. The van der Waals surface area contributed by atoms with Crippen molar-refractivity contribution in [1.29, 1.82) is 0 Å². The molecular formula is C18H16Cl2FNO3. The van der Waals surface area contributed by atoms with Gasteiger partial charge in [-0.25, -0.2) is 9.18 Å². The maximum atomic E-state index is 13.7. The van der Waals surface area contributed by atoms with E-state index in [1.807, 2.05) is 6.07 Å². The largest absolute Gasteiger partial charge is 0.510 e. The molecule has 0 aromatic heterocycles. The molecule has 2 aromatic rings. The summed E-state index contributed by atoms with van der Waals surface area (Å²) >= 11 is 12.5. The van der Waals surface area contributed by atoms with Crippen LogP contribution in [0.25, 0.3) is 0 Å². The molecule has 0 radical (unpaired) electrons. The van der Waals surface area contributed by atoms with Gasteiger partial charge in [0.15, 0.2) is 6.23 Å². The second-order valence-electron chi connectivity index (χ2n) is 5.63. The first-order chi connectivity index (χ1) is 12.0. The molecule has 132 valence electrons. The zero-order chi connectivity index (χ0) is 18.0. The van der Waals surface area contributed by atoms with E-state index in [9.17, 15) is 9.18 Å². The van der Waals surface area contributed by atoms with Crippen molar-refractivity contribution in [1.82, 2.24) is 0 Å². The second-order valence-corrected chi connectivity index (χ2v) is 6.47. The van der Waals surface area contributed by atoms with E-state index in [1.165, 1.54) is 12.1 Å². The average molecular weight is 384 g/mol. The summed E-state index contributed by atoms with van der Waals surface area (Å²) in [4.78, 5) is 11.7. The fourth-order valence-electron chi connectivity index (χ4n) is 2.99. The number of ether oxygens (including phenoxy) is 2. The number of nitrogens with one attached hydrogen (secondary N) is 1. The van der Waals surface area contributed by atoms with E-state index in [0.29, 0.717) is 22.2 Å². The molecule has 1 aliphatic heterocycles. The molecule has 1 heterocycles. The maximum Gasteiger partial charge on any atom is 0.510 e. The lowest BCUT2D eigenvalue weighted by molar-refractivity contribution is 0.0301. The molecule has 0 aliphatic carbocycles. The third-order valence-electron chi connectivity index (χ3n) is 3.96. The highest BCUT2D eigenvalue weighted by molar-refractivity contribution is 6.35. The number of hydrogen-bond acceptors (Lipinski definition) is 4. The van der Waals surface area contributed by atoms with Gasteiger partial charge >= 0.3 is 6.16 Å². The number of carbonyl (C=O) groups is 1. The Labute approximate surface area is 154 Å². The van der Waals surface area contributed by atoms with Crippen LogP contribution in [0.2, 0.25) is 10.0 Å². The standard InChI is InChI=1S/C18H16Cl2FNO3/c1-2-24-18(23)25-16-9-13(10-4-3-5-12(21)6-10)17-14(20)7-11(19)8-15(17)22-16/h3-8,13,16,22H,2,9H2,1H3. The van der Waals surface area contributed by atoms with Crippen molar-refractivity contribution in [2.45, 2.75) is 25.5 Å². The molecule has 2 unspecified atom stereocenters. The molecule has 0 fully saturated rings. The van der Waals surface area contributed by atoms with E-state index in [1.54, 1.807) is 25.1 Å². The molecule has 2 atom stereocenters. The Morgan fingerprint density at radius 3 is 2.84 bits per heavy atom. The predicted molar refractivity (Wildman–Crippen MR) is 94.8 cm³/mol. The monoisotopic (exact) mass is 383 g/mol. The van der Waals surface area contributed by atoms with Crippen molar-refractivity contribution in [3.05, 3.63) is 63.4 Å². The van der Waals surface area contributed by atoms with Gasteiger partial charge in [0.2, 0.25) is 0 Å². The number of carbonyl (C=O) groups excluding carboxylic acids is 1. The summed E-state index contributed by atoms with van der Waals surface area (Å²) in [6, 6.07) is 9.62. The number of hydrogen-bond donors (Lipinski definition) is 1. The Balaban J connectivity index is 1.99. The van der Waals surface area contributed by atoms with Crippen LogP contribution in [0.1, 0.15) is 30.4 Å². The van der Waals surface area contributed by atoms with Crippen LogP contribution < -0.4 is 5.32 Å². The molecule has 25 heavy (non-hydrogen) atoms. The van der Waals surface area contributed by atoms with Crippen LogP contribution in [-0.4, -0.2) is 19.0 Å². The van der Waals surface area contributed by atoms with Crippen molar-refractivity contribution in [2.75, 3.05) is 11.9 Å². The first kappa shape index (κ1) is 17.8. The smallest absolute Gasteiger partial charge is 0.435 e. The molecule has 0 saturated carbocycles. The average Bonchev–Trinajstić information content (AvgIpc) is 2.53. The lowest BCUT2D eigenvalue weighted by Crippen LogP contribution is -2.33. The van der Waals surface area contributed by atoms with Gasteiger partial charge in [0.05, 0.1) is 6.61 Å². The third kappa shape index (κ3) is 3.99. The van der Waals surface area contributed by atoms with Gasteiger partial charge in [0, 0.05) is 33.6 Å². The van der Waals surface area contributed by atoms with Crippen LogP contribution in [0.4, 0.5) is 14.9 Å². The van der Waals surface area contributed by atoms with Gasteiger partial charge in [-0.1, -0.05) is 35.3 Å². The van der Waals surface area contributed by atoms with Crippen LogP contribution in [-0.2, 0) is 9.47 Å². The van der Waals surface area contributed by atoms with E-state index >= 15 is 0 Å². The van der Waals surface area contributed by atoms with E-state index in [-0.39, 0.29) is 18.3 Å². The normalized spacial score (nSPS) is 18.9. The van der Waals surface area contributed by atoms with Crippen LogP contribution in [0.15, 0.2) is 36.4 Å². The summed E-state index contributed by atoms with van der Waals surface area (Å²) in [5, 5.41) is 4.02. The summed E-state index contributed by atoms with van der Waals surface area (Å²) in [6.45, 7) is 1.91. The topological polar surface area (TPSA) is 47.6 Å². The van der Waals surface area contributed by atoms with E-state index in [2.05, 4.69) is 5.32 Å². The van der Waals surface area contributed by atoms with Crippen molar-refractivity contribution < 1.29 is 18.7 Å². The number of halogens is 3. The Hall–Kier alpha value is -1.98. The zero-order valence-electron chi connectivity index (χ0n) is 13.4. The van der Waals surface area contributed by atoms with Crippen LogP contribution >= 0.6 is 23.2 Å². The summed E-state index contributed by atoms with van der Waals surface area (Å²) in [6.07, 6.45) is -1.03. The first-order valence-electron chi connectivity index (χ1n) is 7.82. The van der Waals surface area contributed by atoms with Crippen molar-refractivity contribution >= 4 is 35.0 Å². The van der Waals surface area contributed by atoms with Gasteiger partial charge in [-0.05, 0) is 36.8 Å². The minimum atomic E-state index is -0.769. The molecule has 0 saturated heterocycles. The van der Waals surface area contributed by atoms with Gasteiger partial charge in [-0.2, -0.15) is 0 Å². The summed E-state index contributed by atoms with van der Waals surface area (Å²) in [7, 11) is 0. The molecule has 7 heteroatoms. The summed E-state index contributed by atoms with van der Waals surface area (Å²) in [5.41, 5.74) is 2.18. The summed E-state index contributed by atoms with van der Waals surface area (Å²) in [5.74, 6) is -0.596. The van der Waals surface area contributed by atoms with Gasteiger partial charge < -0.3 is 14.8 Å². The van der Waals surface area contributed by atoms with Crippen LogP contribution in [0.3, 0.4) is 0 Å². The Bertz CT molecular complexity index is 800.